The van der Waals surface area contributed by atoms with Crippen LogP contribution >= 0.6 is 11.6 Å². The highest BCUT2D eigenvalue weighted by Gasteiger charge is 1.90. The van der Waals surface area contributed by atoms with E-state index in [0.29, 0.717) is 9.88 Å². The van der Waals surface area contributed by atoms with Gasteiger partial charge >= 0.3 is 0 Å². The molecule has 0 saturated carbocycles. The molecule has 0 aliphatic heterocycles. The molecule has 0 fully saturated rings. The van der Waals surface area contributed by atoms with Crippen molar-refractivity contribution < 1.29 is 9.70 Å². The fourth-order valence-electron chi connectivity index (χ4n) is 0.831. The molecule has 4 nitrogen and oxygen atoms in total. The Kier molecular flexibility index (Phi) is 3.94. The van der Waals surface area contributed by atoms with E-state index < -0.39 is 0 Å². The summed E-state index contributed by atoms with van der Waals surface area (Å²) in [7, 11) is 1.31. The van der Waals surface area contributed by atoms with E-state index >= 15 is 0 Å². The molecule has 0 spiro atoms. The van der Waals surface area contributed by atoms with E-state index in [4.69, 9.17) is 11.6 Å². The topological polar surface area (TPSA) is 47.7 Å². The maximum absolute atomic E-state index is 10.8. The SMILES string of the molecule is CO/N=[N+]([O-])/C=C/c1ccc(Cl)cc1. The van der Waals surface area contributed by atoms with Crippen LogP contribution in [0.25, 0.3) is 6.08 Å². The molecule has 0 saturated heterocycles. The van der Waals surface area contributed by atoms with Gasteiger partial charge in [-0.3, -0.25) is 0 Å². The van der Waals surface area contributed by atoms with Crippen LogP contribution in [-0.4, -0.2) is 12.0 Å². The van der Waals surface area contributed by atoms with Gasteiger partial charge in [0, 0.05) is 11.1 Å². The summed E-state index contributed by atoms with van der Waals surface area (Å²) in [5.74, 6) is 0. The summed E-state index contributed by atoms with van der Waals surface area (Å²) in [5.41, 5.74) is 0.863. The lowest BCUT2D eigenvalue weighted by Crippen LogP contribution is -1.88. The highest BCUT2D eigenvalue weighted by atomic mass is 35.5. The largest absolute Gasteiger partial charge is 0.592 e. The van der Waals surface area contributed by atoms with Gasteiger partial charge in [-0.1, -0.05) is 23.7 Å². The van der Waals surface area contributed by atoms with Gasteiger partial charge < -0.3 is 10.0 Å². The van der Waals surface area contributed by atoms with Crippen molar-refractivity contribution in [2.75, 3.05) is 7.11 Å². The summed E-state index contributed by atoms with van der Waals surface area (Å²) in [6, 6.07) is 7.06. The van der Waals surface area contributed by atoms with E-state index in [1.165, 1.54) is 13.3 Å². The Balaban J connectivity index is 2.69. The molecule has 0 aromatic heterocycles. The van der Waals surface area contributed by atoms with E-state index in [-0.39, 0.29) is 0 Å². The van der Waals surface area contributed by atoms with Crippen molar-refractivity contribution in [1.29, 1.82) is 0 Å². The first-order valence-electron chi connectivity index (χ1n) is 3.86. The highest BCUT2D eigenvalue weighted by molar-refractivity contribution is 6.30. The maximum Gasteiger partial charge on any atom is 0.213 e. The quantitative estimate of drug-likeness (QED) is 0.439. The van der Waals surface area contributed by atoms with Gasteiger partial charge in [-0.15, -0.1) is 0 Å². The summed E-state index contributed by atoms with van der Waals surface area (Å²) in [4.78, 5) is 4.61. The van der Waals surface area contributed by atoms with E-state index in [1.54, 1.807) is 30.3 Å². The Morgan fingerprint density at radius 1 is 1.43 bits per heavy atom. The van der Waals surface area contributed by atoms with Crippen molar-refractivity contribution in [3.63, 3.8) is 0 Å². The summed E-state index contributed by atoms with van der Waals surface area (Å²) in [6.07, 6.45) is 2.85. The number of hydrogen-bond acceptors (Lipinski definition) is 3. The van der Waals surface area contributed by atoms with E-state index in [9.17, 15) is 5.21 Å². The number of hydrogen-bond donors (Lipinski definition) is 0. The van der Waals surface area contributed by atoms with Crippen LogP contribution in [0.5, 0.6) is 0 Å². The number of hydroxylamine groups is 1. The fourth-order valence-corrected chi connectivity index (χ4v) is 0.957. The molecular weight excluding hydrogens is 204 g/mol. The van der Waals surface area contributed by atoms with Gasteiger partial charge in [-0.2, -0.15) is 0 Å². The summed E-state index contributed by atoms with van der Waals surface area (Å²) in [5, 5.41) is 14.6. The van der Waals surface area contributed by atoms with Crippen molar-refractivity contribution >= 4 is 17.7 Å². The first kappa shape index (κ1) is 10.5. The maximum atomic E-state index is 10.8. The van der Waals surface area contributed by atoms with Crippen LogP contribution in [0.3, 0.4) is 0 Å². The molecule has 0 atom stereocenters. The van der Waals surface area contributed by atoms with Crippen LogP contribution in [0.4, 0.5) is 0 Å². The Morgan fingerprint density at radius 3 is 2.64 bits per heavy atom. The van der Waals surface area contributed by atoms with E-state index in [1.807, 2.05) is 0 Å². The van der Waals surface area contributed by atoms with Gasteiger partial charge in [-0.05, 0) is 22.6 Å². The molecule has 0 heterocycles. The van der Waals surface area contributed by atoms with Gasteiger partial charge in [0.05, 0.1) is 0 Å². The van der Waals surface area contributed by atoms with Crippen LogP contribution in [-0.2, 0) is 4.84 Å². The molecule has 14 heavy (non-hydrogen) atoms. The lowest BCUT2D eigenvalue weighted by Gasteiger charge is -1.92. The van der Waals surface area contributed by atoms with Crippen LogP contribution in [0.2, 0.25) is 5.02 Å². The third kappa shape index (κ3) is 3.45. The Hall–Kier alpha value is -1.55. The minimum atomic E-state index is 0.328. The first-order chi connectivity index (χ1) is 6.72. The zero-order valence-corrected chi connectivity index (χ0v) is 8.31. The second kappa shape index (κ2) is 5.24. The highest BCUT2D eigenvalue weighted by Crippen LogP contribution is 2.10. The Bertz CT molecular complexity index is 346. The van der Waals surface area contributed by atoms with Crippen molar-refractivity contribution in [3.8, 4) is 0 Å². The second-order valence-corrected chi connectivity index (χ2v) is 2.87. The fraction of sp³-hybridized carbons (Fsp3) is 0.111. The molecule has 0 aliphatic rings. The van der Waals surface area contributed by atoms with Gasteiger partial charge in [0.25, 0.3) is 0 Å². The molecule has 0 N–H and O–H groups in total. The van der Waals surface area contributed by atoms with Crippen LogP contribution in [0.1, 0.15) is 5.56 Å². The molecule has 74 valence electrons. The average Bonchev–Trinajstić information content (AvgIpc) is 2.17. The normalized spacial score (nSPS) is 12.0. The van der Waals surface area contributed by atoms with E-state index in [2.05, 4.69) is 10.1 Å². The average molecular weight is 213 g/mol. The molecule has 0 bridgehead atoms. The molecule has 0 radical (unpaired) electrons. The summed E-state index contributed by atoms with van der Waals surface area (Å²) < 4.78 is 0. The van der Waals surface area contributed by atoms with Gasteiger partial charge in [0.15, 0.2) is 0 Å². The molecule has 1 rings (SSSR count). The molecule has 0 aliphatic carbocycles. The summed E-state index contributed by atoms with van der Waals surface area (Å²) in [6.45, 7) is 0. The zero-order valence-electron chi connectivity index (χ0n) is 7.55. The second-order valence-electron chi connectivity index (χ2n) is 2.43. The third-order valence-corrected chi connectivity index (χ3v) is 1.68. The van der Waals surface area contributed by atoms with Crippen LogP contribution < -0.4 is 0 Å². The Labute approximate surface area is 86.6 Å². The van der Waals surface area contributed by atoms with E-state index in [0.717, 1.165) is 5.56 Å². The number of halogens is 1. The van der Waals surface area contributed by atoms with Crippen molar-refractivity contribution in [2.24, 2.45) is 5.28 Å². The van der Waals surface area contributed by atoms with Gasteiger partial charge in [0.2, 0.25) is 11.5 Å². The standard InChI is InChI=1S/C9H9ClN2O2/c1-14-11-12(13)7-6-8-2-4-9(10)5-3-8/h2-7H,1H3/b7-6+,12-11-. The first-order valence-corrected chi connectivity index (χ1v) is 4.24. The van der Waals surface area contributed by atoms with Crippen molar-refractivity contribution in [1.82, 2.24) is 0 Å². The zero-order chi connectivity index (χ0) is 10.4. The molecule has 0 amide bonds. The molecule has 5 heteroatoms. The predicted octanol–water partition coefficient (Wildman–Crippen LogP) is 2.83. The van der Waals surface area contributed by atoms with Crippen LogP contribution in [0, 0.1) is 5.21 Å². The third-order valence-electron chi connectivity index (χ3n) is 1.43. The minimum Gasteiger partial charge on any atom is -0.592 e. The molecule has 1 aromatic carbocycles. The van der Waals surface area contributed by atoms with Gasteiger partial charge in [0.1, 0.15) is 7.11 Å². The number of rotatable bonds is 3. The molecule has 0 unspecified atom stereocenters. The molecular formula is C9H9ClN2O2. The monoisotopic (exact) mass is 212 g/mol. The van der Waals surface area contributed by atoms with Gasteiger partial charge in [-0.25, -0.2) is 0 Å². The van der Waals surface area contributed by atoms with Crippen molar-refractivity contribution in [3.05, 3.63) is 46.3 Å². The van der Waals surface area contributed by atoms with Crippen molar-refractivity contribution in [2.45, 2.75) is 0 Å². The minimum absolute atomic E-state index is 0.328. The lowest BCUT2D eigenvalue weighted by molar-refractivity contribution is -0.490. The number of benzene rings is 1. The molecule has 1 aromatic rings. The smallest absolute Gasteiger partial charge is 0.213 e. The Morgan fingerprint density at radius 2 is 2.07 bits per heavy atom. The lowest BCUT2D eigenvalue weighted by atomic mass is 10.2. The predicted molar refractivity (Wildman–Crippen MR) is 53.6 cm³/mol. The summed E-state index contributed by atoms with van der Waals surface area (Å²) >= 11 is 5.69. The number of nitrogens with zero attached hydrogens (tertiary/aromatic N) is 2. The van der Waals surface area contributed by atoms with Crippen LogP contribution in [0.15, 0.2) is 35.7 Å².